The molecule has 3 aliphatic carbocycles. The predicted octanol–water partition coefficient (Wildman–Crippen LogP) is 11.4. The number of anilines is 3. The highest BCUT2D eigenvalue weighted by atomic mass is 35.5. The molecule has 5 atom stereocenters. The maximum Gasteiger partial charge on any atom is 0.320 e. The third kappa shape index (κ3) is 20.8. The number of carbonyl (C=O) groups is 8. The first-order valence-electron chi connectivity index (χ1n) is 32.4. The Labute approximate surface area is 590 Å². The fourth-order valence-electron chi connectivity index (χ4n) is 11.8. The van der Waals surface area contributed by atoms with Crippen LogP contribution in [0, 0.1) is 29.6 Å². The highest BCUT2D eigenvalue weighted by molar-refractivity contribution is 6.36. The van der Waals surface area contributed by atoms with Gasteiger partial charge in [0.25, 0.3) is 17.7 Å². The van der Waals surface area contributed by atoms with E-state index < -0.39 is 42.1 Å². The first-order valence-corrected chi connectivity index (χ1v) is 34.7. The topological polar surface area (TPSA) is 202 Å². The molecule has 0 radical (unpaired) electrons. The van der Waals surface area contributed by atoms with Gasteiger partial charge in [-0.3, -0.25) is 38.4 Å². The number of ketones is 3. The van der Waals surface area contributed by atoms with Crippen molar-refractivity contribution in [3.63, 3.8) is 0 Å². The molecule has 19 nitrogen and oxygen atoms in total. The number of nitrogens with zero attached hydrogens (tertiary/aromatic N) is 6. The second-order valence-corrected chi connectivity index (χ2v) is 27.1. The summed E-state index contributed by atoms with van der Waals surface area (Å²) in [6, 6.07) is 34.6. The van der Waals surface area contributed by atoms with E-state index in [1.54, 1.807) is 39.8 Å². The van der Waals surface area contributed by atoms with Crippen LogP contribution in [0.3, 0.4) is 0 Å². The predicted molar refractivity (Wildman–Crippen MR) is 370 cm³/mol. The number of halogens is 6. The highest BCUT2D eigenvalue weighted by Crippen LogP contribution is 2.38. The molecule has 3 amide bonds. The summed E-state index contributed by atoms with van der Waals surface area (Å²) in [5.74, 6) is -5.55. The number of carbonyl (C=O) groups excluding carboxylic acids is 8. The van der Waals surface area contributed by atoms with Gasteiger partial charge in [0.15, 0.2) is 35.6 Å². The monoisotopic (exact) mass is 1430 g/mol. The normalized spacial score (nSPS) is 17.9. The van der Waals surface area contributed by atoms with E-state index in [1.165, 1.54) is 14.2 Å². The van der Waals surface area contributed by atoms with Crippen molar-refractivity contribution in [2.45, 2.75) is 83.4 Å². The number of amides is 3. The van der Waals surface area contributed by atoms with Crippen LogP contribution in [0.4, 0.5) is 17.1 Å². The molecule has 6 fully saturated rings. The third-order valence-electron chi connectivity index (χ3n) is 17.6. The van der Waals surface area contributed by atoms with Crippen molar-refractivity contribution in [2.24, 2.45) is 29.6 Å². The van der Waals surface area contributed by atoms with Crippen LogP contribution in [-0.2, 0) is 75.3 Å². The maximum absolute atomic E-state index is 13.6. The average molecular weight is 1440 g/mol. The zero-order valence-corrected chi connectivity index (χ0v) is 58.4. The second-order valence-electron chi connectivity index (χ2n) is 24.5. The lowest BCUT2D eigenvalue weighted by Gasteiger charge is -2.38. The van der Waals surface area contributed by atoms with Crippen LogP contribution in [0.15, 0.2) is 115 Å². The Morgan fingerprint density at radius 3 is 1.05 bits per heavy atom. The van der Waals surface area contributed by atoms with Gasteiger partial charge in [-0.2, -0.15) is 0 Å². The number of esters is 2. The summed E-state index contributed by atoms with van der Waals surface area (Å²) in [6.07, 6.45) is 1.85. The molecule has 5 aromatic rings. The van der Waals surface area contributed by atoms with Gasteiger partial charge in [-0.1, -0.05) is 130 Å². The quantitative estimate of drug-likeness (QED) is 0.0394. The lowest BCUT2D eigenvalue weighted by Crippen LogP contribution is -2.55. The number of hydrogen-bond acceptors (Lipinski definition) is 16. The van der Waals surface area contributed by atoms with Gasteiger partial charge in [0.1, 0.15) is 25.1 Å². The number of hydrogen-bond donors (Lipinski definition) is 0. The van der Waals surface area contributed by atoms with Crippen LogP contribution in [0.5, 0.6) is 0 Å². The zero-order chi connectivity index (χ0) is 68.6. The number of benzene rings is 5. The van der Waals surface area contributed by atoms with E-state index in [1.807, 2.05) is 97.1 Å². The van der Waals surface area contributed by atoms with Gasteiger partial charge in [0.05, 0.1) is 0 Å². The number of Topliss-reactive ketones (excluding diaryl/α,β-unsaturated/α-hetero) is 3. The molecule has 514 valence electrons. The molecule has 0 N–H and O–H groups in total. The second kappa shape index (κ2) is 35.3. The molecule has 3 heterocycles. The van der Waals surface area contributed by atoms with E-state index in [0.717, 1.165) is 53.9 Å². The van der Waals surface area contributed by atoms with E-state index in [2.05, 4.69) is 14.7 Å². The standard InChI is InChI=1S/C27H30Cl2N2O5.C26H28Cl2N2O5.C18H22Cl2N2O3/c1-2-35-25(23(24(32)19-8-9-19)27(34)36-17-18-6-4-3-5-7-18)26(33)31-12-10-30(11-13-31)22-15-20(28)14-21(29)16-22;1-34-24(22(23(31)18-7-8-18)26(33)35-16-17-5-3-2-4-6-17)25(32)30-11-9-29(10-12-30)21-14-19(27)13-20(28)15-21;1-25-17(11-16(23)12-2-3-12)18(24)22-6-4-21(5-7-22)15-9-13(19)8-14(20)10-15/h3-7,14-16,19,23,25H,2,8-13,17H2,1H3;2-6,13-15,18,22,24H,7-12,16H2,1H3;8-10,12,17H,2-7,11H2,1H3. The van der Waals surface area contributed by atoms with Crippen molar-refractivity contribution in [3.8, 4) is 0 Å². The summed E-state index contributed by atoms with van der Waals surface area (Å²) in [7, 11) is 2.84. The van der Waals surface area contributed by atoms with E-state index in [-0.39, 0.29) is 79.1 Å². The smallest absolute Gasteiger partial charge is 0.320 e. The first-order chi connectivity index (χ1) is 46.2. The lowest BCUT2D eigenvalue weighted by atomic mass is 9.92. The summed E-state index contributed by atoms with van der Waals surface area (Å²) in [5, 5.41) is 3.37. The Bertz CT molecular complexity index is 3460. The van der Waals surface area contributed by atoms with E-state index in [0.29, 0.717) is 122 Å². The minimum atomic E-state index is -1.28. The molecule has 0 spiro atoms. The third-order valence-corrected chi connectivity index (χ3v) is 18.9. The molecule has 5 aromatic carbocycles. The summed E-state index contributed by atoms with van der Waals surface area (Å²) >= 11 is 36.7. The number of rotatable bonds is 25. The highest BCUT2D eigenvalue weighted by Gasteiger charge is 2.50. The minimum Gasteiger partial charge on any atom is -0.460 e. The van der Waals surface area contributed by atoms with Crippen molar-refractivity contribution in [2.75, 3.05) is 114 Å². The van der Waals surface area contributed by atoms with Crippen molar-refractivity contribution in [3.05, 3.63) is 157 Å². The van der Waals surface area contributed by atoms with Gasteiger partial charge in [-0.25, -0.2) is 0 Å². The van der Waals surface area contributed by atoms with Crippen LogP contribution in [-0.4, -0.2) is 179 Å². The van der Waals surface area contributed by atoms with Crippen molar-refractivity contribution in [1.82, 2.24) is 14.7 Å². The van der Waals surface area contributed by atoms with Gasteiger partial charge >= 0.3 is 11.9 Å². The van der Waals surface area contributed by atoms with Crippen molar-refractivity contribution in [1.29, 1.82) is 0 Å². The Morgan fingerprint density at radius 1 is 0.417 bits per heavy atom. The Kier molecular flexibility index (Phi) is 27.1. The first kappa shape index (κ1) is 73.7. The Morgan fingerprint density at radius 2 is 0.740 bits per heavy atom. The van der Waals surface area contributed by atoms with Gasteiger partial charge in [0.2, 0.25) is 0 Å². The molecule has 6 aliphatic rings. The van der Waals surface area contributed by atoms with Crippen LogP contribution in [0.1, 0.15) is 63.0 Å². The number of ether oxygens (including phenoxy) is 5. The largest absolute Gasteiger partial charge is 0.460 e. The zero-order valence-electron chi connectivity index (χ0n) is 53.9. The Hall–Kier alpha value is -6.52. The summed E-state index contributed by atoms with van der Waals surface area (Å²) < 4.78 is 27.5. The molecule has 11 rings (SSSR count). The average Bonchev–Trinajstić information content (AvgIpc) is 1.33. The molecule has 25 heteroatoms. The van der Waals surface area contributed by atoms with E-state index >= 15 is 0 Å². The fraction of sp³-hybridized carbons (Fsp3) is 0.465. The van der Waals surface area contributed by atoms with Crippen molar-refractivity contribution >= 4 is 134 Å². The molecular weight excluding hydrogens is 1360 g/mol. The maximum atomic E-state index is 13.6. The minimum absolute atomic E-state index is 0.0274. The van der Waals surface area contributed by atoms with Crippen LogP contribution >= 0.6 is 69.6 Å². The van der Waals surface area contributed by atoms with Crippen LogP contribution in [0.25, 0.3) is 0 Å². The number of piperazine rings is 3. The van der Waals surface area contributed by atoms with Gasteiger partial charge in [-0.15, -0.1) is 0 Å². The van der Waals surface area contributed by atoms with E-state index in [9.17, 15) is 38.4 Å². The molecule has 5 unspecified atom stereocenters. The molecule has 96 heavy (non-hydrogen) atoms. The molecule has 3 saturated heterocycles. The molecule has 3 saturated carbocycles. The molecule has 3 aliphatic heterocycles. The van der Waals surface area contributed by atoms with Gasteiger partial charge in [0, 0.05) is 171 Å². The molecule has 0 bridgehead atoms. The molecule has 0 aromatic heterocycles. The SMILES string of the molecule is CCOC(C(=O)N1CCN(c2cc(Cl)cc(Cl)c2)CC1)C(C(=O)OCc1ccccc1)C(=O)C1CC1.COC(C(=O)N1CCN(c2cc(Cl)cc(Cl)c2)CC1)C(C(=O)OCc1ccccc1)C(=O)C1CC1.COC(CC(=O)C1CC1)C(=O)N1CCN(c2cc(Cl)cc(Cl)c2)CC1. The molecular formula is C71H80Cl6N6O13. The van der Waals surface area contributed by atoms with Gasteiger partial charge < -0.3 is 53.1 Å². The summed E-state index contributed by atoms with van der Waals surface area (Å²) in [5.41, 5.74) is 4.32. The summed E-state index contributed by atoms with van der Waals surface area (Å²) in [4.78, 5) is 115. The lowest BCUT2D eigenvalue weighted by molar-refractivity contribution is -0.168. The van der Waals surface area contributed by atoms with Crippen molar-refractivity contribution < 1.29 is 62.0 Å². The van der Waals surface area contributed by atoms with Crippen LogP contribution < -0.4 is 14.7 Å². The summed E-state index contributed by atoms with van der Waals surface area (Å²) in [6.45, 7) is 8.41. The Balaban J connectivity index is 0.000000172. The van der Waals surface area contributed by atoms with Crippen LogP contribution in [0.2, 0.25) is 30.1 Å². The van der Waals surface area contributed by atoms with Gasteiger partial charge in [-0.05, 0) is 111 Å². The van der Waals surface area contributed by atoms with E-state index in [4.69, 9.17) is 93.3 Å². The fourth-order valence-corrected chi connectivity index (χ4v) is 13.4. The number of methoxy groups -OCH3 is 2.